The third-order valence-corrected chi connectivity index (χ3v) is 5.24. The number of piperidine rings is 1. The van der Waals surface area contributed by atoms with Gasteiger partial charge in [0.2, 0.25) is 5.91 Å². The molecule has 6 heteroatoms. The van der Waals surface area contributed by atoms with E-state index >= 15 is 0 Å². The average molecular weight is 431 g/mol. The molecule has 1 saturated heterocycles. The Morgan fingerprint density at radius 2 is 2.00 bits per heavy atom. The number of halogens is 1. The molecule has 1 atom stereocenters. The molecule has 3 rings (SSSR count). The van der Waals surface area contributed by atoms with Gasteiger partial charge >= 0.3 is 5.97 Å². The number of carbonyl (C=O) groups excluding carboxylic acids is 2. The molecule has 1 unspecified atom stereocenters. The van der Waals surface area contributed by atoms with Gasteiger partial charge in [-0.05, 0) is 61.3 Å². The van der Waals surface area contributed by atoms with Gasteiger partial charge in [0, 0.05) is 23.2 Å². The summed E-state index contributed by atoms with van der Waals surface area (Å²) < 4.78 is 5.76. The van der Waals surface area contributed by atoms with E-state index in [-0.39, 0.29) is 17.8 Å². The normalized spacial score (nSPS) is 17.3. The largest absolute Gasteiger partial charge is 0.465 e. The zero-order chi connectivity index (χ0) is 19.2. The van der Waals surface area contributed by atoms with Crippen LogP contribution in [0.2, 0.25) is 0 Å². The minimum absolute atomic E-state index is 0.0276. The molecule has 0 radical (unpaired) electrons. The Morgan fingerprint density at radius 1 is 1.22 bits per heavy atom. The van der Waals surface area contributed by atoms with Gasteiger partial charge < -0.3 is 10.1 Å². The van der Waals surface area contributed by atoms with Crippen LogP contribution in [0.25, 0.3) is 0 Å². The van der Waals surface area contributed by atoms with Crippen LogP contribution in [-0.2, 0) is 16.1 Å². The zero-order valence-electron chi connectivity index (χ0n) is 15.3. The van der Waals surface area contributed by atoms with Gasteiger partial charge in [-0.3, -0.25) is 9.69 Å². The molecule has 1 aliphatic rings. The van der Waals surface area contributed by atoms with Crippen LogP contribution in [0.15, 0.2) is 53.0 Å². The monoisotopic (exact) mass is 430 g/mol. The first-order valence-electron chi connectivity index (χ1n) is 9.01. The van der Waals surface area contributed by atoms with Crippen molar-refractivity contribution in [3.05, 3.63) is 64.1 Å². The minimum atomic E-state index is -0.386. The molecule has 1 heterocycles. The number of esters is 1. The maximum Gasteiger partial charge on any atom is 0.337 e. The van der Waals surface area contributed by atoms with Crippen LogP contribution in [0.3, 0.4) is 0 Å². The molecule has 0 spiro atoms. The Hall–Kier alpha value is -2.18. The standard InChI is InChI=1S/C21H23BrN2O3/c1-27-21(26)16-7-9-19(10-8-16)23-20(25)17-5-3-11-24(14-17)13-15-4-2-6-18(22)12-15/h2,4,6-10,12,17H,3,5,11,13-14H2,1H3,(H,23,25). The molecule has 1 N–H and O–H groups in total. The van der Waals surface area contributed by atoms with Gasteiger partial charge in [0.1, 0.15) is 0 Å². The molecule has 0 aromatic heterocycles. The van der Waals surface area contributed by atoms with E-state index in [2.05, 4.69) is 43.0 Å². The second-order valence-electron chi connectivity index (χ2n) is 6.76. The molecule has 5 nitrogen and oxygen atoms in total. The number of hydrogen-bond donors (Lipinski definition) is 1. The number of nitrogens with one attached hydrogen (secondary N) is 1. The second kappa shape index (κ2) is 9.15. The lowest BCUT2D eigenvalue weighted by Crippen LogP contribution is -2.40. The van der Waals surface area contributed by atoms with Gasteiger partial charge in [-0.15, -0.1) is 0 Å². The number of carbonyl (C=O) groups is 2. The molecule has 142 valence electrons. The van der Waals surface area contributed by atoms with E-state index in [4.69, 9.17) is 0 Å². The Bertz CT molecular complexity index is 807. The van der Waals surface area contributed by atoms with E-state index in [1.54, 1.807) is 24.3 Å². The number of likely N-dealkylation sites (tertiary alicyclic amines) is 1. The van der Waals surface area contributed by atoms with Gasteiger partial charge in [-0.25, -0.2) is 4.79 Å². The maximum absolute atomic E-state index is 12.7. The number of hydrogen-bond acceptors (Lipinski definition) is 4. The topological polar surface area (TPSA) is 58.6 Å². The number of methoxy groups -OCH3 is 1. The summed E-state index contributed by atoms with van der Waals surface area (Å²) in [6.45, 7) is 2.60. The summed E-state index contributed by atoms with van der Waals surface area (Å²) in [5, 5.41) is 2.96. The first-order chi connectivity index (χ1) is 13.0. The van der Waals surface area contributed by atoms with Crippen molar-refractivity contribution >= 4 is 33.5 Å². The number of ether oxygens (including phenoxy) is 1. The van der Waals surface area contributed by atoms with Crippen molar-refractivity contribution in [3.63, 3.8) is 0 Å². The fourth-order valence-corrected chi connectivity index (χ4v) is 3.81. The Kier molecular flexibility index (Phi) is 6.63. The smallest absolute Gasteiger partial charge is 0.337 e. The van der Waals surface area contributed by atoms with Crippen LogP contribution in [0.5, 0.6) is 0 Å². The predicted molar refractivity (Wildman–Crippen MR) is 109 cm³/mol. The number of benzene rings is 2. The van der Waals surface area contributed by atoms with Crippen molar-refractivity contribution in [2.45, 2.75) is 19.4 Å². The van der Waals surface area contributed by atoms with Gasteiger partial charge in [-0.1, -0.05) is 28.1 Å². The average Bonchev–Trinajstić information content (AvgIpc) is 2.68. The molecule has 2 aromatic rings. The number of amides is 1. The van der Waals surface area contributed by atoms with Crippen molar-refractivity contribution in [1.29, 1.82) is 0 Å². The van der Waals surface area contributed by atoms with Gasteiger partial charge in [-0.2, -0.15) is 0 Å². The number of anilines is 1. The Morgan fingerprint density at radius 3 is 2.70 bits per heavy atom. The highest BCUT2D eigenvalue weighted by molar-refractivity contribution is 9.10. The molecule has 27 heavy (non-hydrogen) atoms. The summed E-state index contributed by atoms with van der Waals surface area (Å²) in [6, 6.07) is 15.0. The van der Waals surface area contributed by atoms with Crippen LogP contribution < -0.4 is 5.32 Å². The van der Waals surface area contributed by atoms with Gasteiger partial charge in [0.15, 0.2) is 0 Å². The highest BCUT2D eigenvalue weighted by Gasteiger charge is 2.26. The third kappa shape index (κ3) is 5.40. The van der Waals surface area contributed by atoms with Crippen LogP contribution in [0.1, 0.15) is 28.8 Å². The lowest BCUT2D eigenvalue weighted by molar-refractivity contribution is -0.121. The quantitative estimate of drug-likeness (QED) is 0.725. The summed E-state index contributed by atoms with van der Waals surface area (Å²) in [6.07, 6.45) is 1.90. The lowest BCUT2D eigenvalue weighted by Gasteiger charge is -2.32. The molecular formula is C21H23BrN2O3. The Labute approximate surface area is 167 Å². The molecular weight excluding hydrogens is 408 g/mol. The predicted octanol–water partition coefficient (Wildman–Crippen LogP) is 4.09. The van der Waals surface area contributed by atoms with Crippen molar-refractivity contribution in [1.82, 2.24) is 4.90 Å². The minimum Gasteiger partial charge on any atom is -0.465 e. The third-order valence-electron chi connectivity index (χ3n) is 4.75. The van der Waals surface area contributed by atoms with E-state index in [1.807, 2.05) is 12.1 Å². The van der Waals surface area contributed by atoms with Crippen molar-refractivity contribution in [2.24, 2.45) is 5.92 Å². The fraction of sp³-hybridized carbons (Fsp3) is 0.333. The maximum atomic E-state index is 12.7. The highest BCUT2D eigenvalue weighted by atomic mass is 79.9. The van der Waals surface area contributed by atoms with Crippen molar-refractivity contribution in [2.75, 3.05) is 25.5 Å². The number of nitrogens with zero attached hydrogens (tertiary/aromatic N) is 1. The molecule has 0 bridgehead atoms. The van der Waals surface area contributed by atoms with Crippen LogP contribution in [-0.4, -0.2) is 37.0 Å². The van der Waals surface area contributed by atoms with Crippen molar-refractivity contribution < 1.29 is 14.3 Å². The van der Waals surface area contributed by atoms with Crippen LogP contribution in [0.4, 0.5) is 5.69 Å². The zero-order valence-corrected chi connectivity index (χ0v) is 16.9. The lowest BCUT2D eigenvalue weighted by atomic mass is 9.96. The van der Waals surface area contributed by atoms with Gasteiger partial charge in [0.25, 0.3) is 0 Å². The van der Waals surface area contributed by atoms with E-state index in [1.165, 1.54) is 12.7 Å². The van der Waals surface area contributed by atoms with Crippen molar-refractivity contribution in [3.8, 4) is 0 Å². The van der Waals surface area contributed by atoms with Gasteiger partial charge in [0.05, 0.1) is 18.6 Å². The SMILES string of the molecule is COC(=O)c1ccc(NC(=O)C2CCCN(Cc3cccc(Br)c3)C2)cc1. The first-order valence-corrected chi connectivity index (χ1v) is 9.80. The summed E-state index contributed by atoms with van der Waals surface area (Å²) in [5.74, 6) is -0.394. The molecule has 1 aliphatic heterocycles. The summed E-state index contributed by atoms with van der Waals surface area (Å²) in [4.78, 5) is 26.5. The molecule has 1 fully saturated rings. The summed E-state index contributed by atoms with van der Waals surface area (Å²) in [7, 11) is 1.35. The highest BCUT2D eigenvalue weighted by Crippen LogP contribution is 2.22. The van der Waals surface area contributed by atoms with Crippen LogP contribution >= 0.6 is 15.9 Å². The molecule has 1 amide bonds. The Balaban J connectivity index is 1.57. The van der Waals surface area contributed by atoms with Crippen LogP contribution in [0, 0.1) is 5.92 Å². The number of rotatable bonds is 5. The van der Waals surface area contributed by atoms with E-state index in [0.717, 1.165) is 36.9 Å². The van der Waals surface area contributed by atoms with E-state index < -0.39 is 0 Å². The fourth-order valence-electron chi connectivity index (χ4n) is 3.36. The summed E-state index contributed by atoms with van der Waals surface area (Å²) >= 11 is 3.51. The molecule has 2 aromatic carbocycles. The molecule has 0 aliphatic carbocycles. The molecule has 0 saturated carbocycles. The first kappa shape index (κ1) is 19.6. The summed E-state index contributed by atoms with van der Waals surface area (Å²) in [5.41, 5.74) is 2.40. The van der Waals surface area contributed by atoms with E-state index in [9.17, 15) is 9.59 Å². The van der Waals surface area contributed by atoms with E-state index in [0.29, 0.717) is 11.3 Å². The second-order valence-corrected chi connectivity index (χ2v) is 7.68.